The number of benzene rings is 1. The third kappa shape index (κ3) is 2.73. The average Bonchev–Trinajstić information content (AvgIpc) is 3.36. The van der Waals surface area contributed by atoms with Gasteiger partial charge in [0.15, 0.2) is 11.5 Å². The molecule has 0 bridgehead atoms. The number of aromatic nitrogens is 2. The number of fused-ring (bicyclic) bond motifs is 2. The van der Waals surface area contributed by atoms with Gasteiger partial charge in [-0.05, 0) is 68.7 Å². The quantitative estimate of drug-likeness (QED) is 0.788. The largest absolute Gasteiger partial charge is 0.454 e. The topological polar surface area (TPSA) is 73.7 Å². The van der Waals surface area contributed by atoms with Crippen LogP contribution in [0.3, 0.4) is 0 Å². The monoisotopic (exact) mass is 403 g/mol. The molecule has 0 spiro atoms. The van der Waals surface area contributed by atoms with E-state index >= 15 is 0 Å². The van der Waals surface area contributed by atoms with Crippen LogP contribution < -0.4 is 9.47 Å². The minimum Gasteiger partial charge on any atom is -0.454 e. The standard InChI is InChI=1S/C20H25N3O4S/c1-13-8-18-19(27-12-26-18)10-16(13)15-5-7-23(14(2)9-15)28(24,25)20-11-21-22-6-3-4-17(20)22/h8,10-11,14-15H,3-7,9,12H2,1-2H3. The summed E-state index contributed by atoms with van der Waals surface area (Å²) >= 11 is 0. The second kappa shape index (κ2) is 6.49. The molecule has 1 aromatic heterocycles. The lowest BCUT2D eigenvalue weighted by atomic mass is 9.84. The summed E-state index contributed by atoms with van der Waals surface area (Å²) in [5, 5.41) is 4.28. The fourth-order valence-corrected chi connectivity index (χ4v) is 6.71. The Morgan fingerprint density at radius 1 is 1.18 bits per heavy atom. The molecule has 4 heterocycles. The molecule has 5 rings (SSSR count). The maximum absolute atomic E-state index is 13.3. The molecule has 7 nitrogen and oxygen atoms in total. The maximum atomic E-state index is 13.3. The van der Waals surface area contributed by atoms with Gasteiger partial charge in [0.1, 0.15) is 4.90 Å². The fourth-order valence-electron chi connectivity index (χ4n) is 4.87. The zero-order valence-corrected chi connectivity index (χ0v) is 17.0. The Bertz CT molecular complexity index is 1030. The highest BCUT2D eigenvalue weighted by Crippen LogP contribution is 2.42. The van der Waals surface area contributed by atoms with Crippen LogP contribution in [0.5, 0.6) is 11.5 Å². The first kappa shape index (κ1) is 18.0. The lowest BCUT2D eigenvalue weighted by molar-refractivity contribution is 0.174. The summed E-state index contributed by atoms with van der Waals surface area (Å²) < 4.78 is 41.1. The Hall–Kier alpha value is -2.06. The van der Waals surface area contributed by atoms with Crippen LogP contribution >= 0.6 is 0 Å². The molecule has 0 saturated carbocycles. The summed E-state index contributed by atoms with van der Waals surface area (Å²) in [5.74, 6) is 1.90. The Labute approximate surface area is 165 Å². The highest BCUT2D eigenvalue weighted by atomic mass is 32.2. The molecular weight excluding hydrogens is 378 g/mol. The maximum Gasteiger partial charge on any atom is 0.246 e. The van der Waals surface area contributed by atoms with E-state index in [1.165, 1.54) is 17.3 Å². The van der Waals surface area contributed by atoms with Crippen LogP contribution in [0.4, 0.5) is 0 Å². The van der Waals surface area contributed by atoms with Gasteiger partial charge in [0, 0.05) is 19.1 Å². The number of sulfonamides is 1. The molecule has 8 heteroatoms. The molecule has 0 N–H and O–H groups in total. The Morgan fingerprint density at radius 2 is 1.96 bits per heavy atom. The molecule has 1 fully saturated rings. The molecule has 1 saturated heterocycles. The average molecular weight is 404 g/mol. The van der Waals surface area contributed by atoms with Crippen LogP contribution in [0.2, 0.25) is 0 Å². The van der Waals surface area contributed by atoms with E-state index in [1.54, 1.807) is 4.31 Å². The number of ether oxygens (including phenoxy) is 2. The summed E-state index contributed by atoms with van der Waals surface area (Å²) in [7, 11) is -3.51. The van der Waals surface area contributed by atoms with Crippen LogP contribution in [-0.4, -0.2) is 41.9 Å². The van der Waals surface area contributed by atoms with Crippen molar-refractivity contribution in [3.05, 3.63) is 35.2 Å². The van der Waals surface area contributed by atoms with Crippen molar-refractivity contribution in [3.63, 3.8) is 0 Å². The van der Waals surface area contributed by atoms with E-state index in [9.17, 15) is 8.42 Å². The number of piperidine rings is 1. The van der Waals surface area contributed by atoms with Gasteiger partial charge in [-0.2, -0.15) is 9.40 Å². The molecule has 3 aliphatic heterocycles. The van der Waals surface area contributed by atoms with Crippen molar-refractivity contribution in [2.45, 2.75) is 62.9 Å². The molecule has 0 amide bonds. The van der Waals surface area contributed by atoms with Gasteiger partial charge >= 0.3 is 0 Å². The molecular formula is C20H25N3O4S. The van der Waals surface area contributed by atoms with Crippen molar-refractivity contribution in [1.82, 2.24) is 14.1 Å². The minimum absolute atomic E-state index is 0.0643. The third-order valence-corrected chi connectivity index (χ3v) is 8.35. The molecule has 2 unspecified atom stereocenters. The van der Waals surface area contributed by atoms with Gasteiger partial charge in [-0.1, -0.05) is 0 Å². The second-order valence-electron chi connectivity index (χ2n) is 8.03. The summed E-state index contributed by atoms with van der Waals surface area (Å²) in [6.45, 7) is 5.69. The summed E-state index contributed by atoms with van der Waals surface area (Å²) in [5.41, 5.74) is 3.27. The number of hydrogen-bond acceptors (Lipinski definition) is 5. The van der Waals surface area contributed by atoms with Crippen molar-refractivity contribution in [3.8, 4) is 11.5 Å². The first-order valence-corrected chi connectivity index (χ1v) is 11.4. The molecule has 2 aromatic rings. The van der Waals surface area contributed by atoms with E-state index in [2.05, 4.69) is 18.1 Å². The lowest BCUT2D eigenvalue weighted by Crippen LogP contribution is -2.44. The van der Waals surface area contributed by atoms with E-state index in [1.807, 2.05) is 17.7 Å². The third-order valence-electron chi connectivity index (χ3n) is 6.30. The van der Waals surface area contributed by atoms with Gasteiger partial charge < -0.3 is 9.47 Å². The first-order valence-electron chi connectivity index (χ1n) is 9.92. The minimum atomic E-state index is -3.51. The normalized spacial score (nSPS) is 24.5. The summed E-state index contributed by atoms with van der Waals surface area (Å²) in [6.07, 6.45) is 4.88. The Kier molecular flexibility index (Phi) is 4.17. The van der Waals surface area contributed by atoms with Crippen molar-refractivity contribution < 1.29 is 17.9 Å². The number of nitrogens with zero attached hydrogens (tertiary/aromatic N) is 3. The lowest BCUT2D eigenvalue weighted by Gasteiger charge is -2.37. The summed E-state index contributed by atoms with van der Waals surface area (Å²) in [4.78, 5) is 0.398. The van der Waals surface area contributed by atoms with Gasteiger partial charge in [-0.15, -0.1) is 0 Å². The van der Waals surface area contributed by atoms with E-state index in [0.717, 1.165) is 49.4 Å². The Balaban J connectivity index is 1.39. The zero-order valence-electron chi connectivity index (χ0n) is 16.2. The van der Waals surface area contributed by atoms with Crippen molar-refractivity contribution in [2.75, 3.05) is 13.3 Å². The van der Waals surface area contributed by atoms with Crippen LogP contribution in [0.25, 0.3) is 0 Å². The highest BCUT2D eigenvalue weighted by molar-refractivity contribution is 7.89. The predicted molar refractivity (Wildman–Crippen MR) is 103 cm³/mol. The van der Waals surface area contributed by atoms with Crippen molar-refractivity contribution in [2.24, 2.45) is 0 Å². The van der Waals surface area contributed by atoms with Crippen LogP contribution in [-0.2, 0) is 23.0 Å². The van der Waals surface area contributed by atoms with Crippen molar-refractivity contribution in [1.29, 1.82) is 0 Å². The van der Waals surface area contributed by atoms with Crippen molar-refractivity contribution >= 4 is 10.0 Å². The summed E-state index contributed by atoms with van der Waals surface area (Å²) in [6, 6.07) is 4.04. The van der Waals surface area contributed by atoms with Gasteiger partial charge in [-0.25, -0.2) is 8.42 Å². The molecule has 2 atom stereocenters. The van der Waals surface area contributed by atoms with E-state index in [0.29, 0.717) is 17.4 Å². The zero-order chi connectivity index (χ0) is 19.5. The number of rotatable bonds is 3. The molecule has 28 heavy (non-hydrogen) atoms. The van der Waals surface area contributed by atoms with Crippen LogP contribution in [0.15, 0.2) is 23.2 Å². The van der Waals surface area contributed by atoms with Gasteiger partial charge in [0.2, 0.25) is 16.8 Å². The molecule has 1 aromatic carbocycles. The Morgan fingerprint density at radius 3 is 2.75 bits per heavy atom. The van der Waals surface area contributed by atoms with Gasteiger partial charge in [-0.3, -0.25) is 4.68 Å². The molecule has 0 aliphatic carbocycles. The van der Waals surface area contributed by atoms with Crippen LogP contribution in [0, 0.1) is 6.92 Å². The smallest absolute Gasteiger partial charge is 0.246 e. The fraction of sp³-hybridized carbons (Fsp3) is 0.550. The highest BCUT2D eigenvalue weighted by Gasteiger charge is 2.38. The van der Waals surface area contributed by atoms with Crippen LogP contribution in [0.1, 0.15) is 48.9 Å². The van der Waals surface area contributed by atoms with E-state index in [4.69, 9.17) is 9.47 Å². The number of hydrogen-bond donors (Lipinski definition) is 0. The van der Waals surface area contributed by atoms with E-state index < -0.39 is 10.0 Å². The SMILES string of the molecule is Cc1cc2c(cc1C1CCN(S(=O)(=O)c3cnn4c3CCC4)C(C)C1)OCO2. The first-order chi connectivity index (χ1) is 13.4. The molecule has 150 valence electrons. The van der Waals surface area contributed by atoms with E-state index in [-0.39, 0.29) is 12.8 Å². The van der Waals surface area contributed by atoms with Gasteiger partial charge in [0.05, 0.1) is 11.9 Å². The molecule has 0 radical (unpaired) electrons. The van der Waals surface area contributed by atoms with Gasteiger partial charge in [0.25, 0.3) is 0 Å². The molecule has 3 aliphatic rings. The predicted octanol–water partition coefficient (Wildman–Crippen LogP) is 2.82. The number of aryl methyl sites for hydroxylation is 2. The second-order valence-corrected chi connectivity index (χ2v) is 9.89.